The molecule has 0 aliphatic rings. The van der Waals surface area contributed by atoms with Gasteiger partial charge in [-0.15, -0.1) is 0 Å². The van der Waals surface area contributed by atoms with Gasteiger partial charge in [-0.05, 0) is 30.5 Å². The van der Waals surface area contributed by atoms with E-state index in [1.165, 1.54) is 6.26 Å². The van der Waals surface area contributed by atoms with Crippen molar-refractivity contribution in [3.05, 3.63) is 28.8 Å². The van der Waals surface area contributed by atoms with Gasteiger partial charge >= 0.3 is 0 Å². The molecule has 4 nitrogen and oxygen atoms in total. The van der Waals surface area contributed by atoms with E-state index in [-0.39, 0.29) is 21.6 Å². The van der Waals surface area contributed by atoms with Gasteiger partial charge in [0.15, 0.2) is 0 Å². The van der Waals surface area contributed by atoms with Crippen LogP contribution in [-0.4, -0.2) is 30.7 Å². The molecule has 0 aliphatic carbocycles. The average Bonchev–Trinajstić information content (AvgIpc) is 2.26. The largest absolute Gasteiger partial charge is 0.260 e. The molecule has 0 bridgehead atoms. The van der Waals surface area contributed by atoms with Gasteiger partial charge in [-0.25, -0.2) is 13.1 Å². The van der Waals surface area contributed by atoms with Gasteiger partial charge in [-0.1, -0.05) is 31.5 Å². The van der Waals surface area contributed by atoms with E-state index in [2.05, 4.69) is 4.72 Å². The fourth-order valence-corrected chi connectivity index (χ4v) is 4.47. The third-order valence-corrected chi connectivity index (χ3v) is 5.79. The van der Waals surface area contributed by atoms with Crippen molar-refractivity contribution in [3.8, 4) is 0 Å². The highest BCUT2D eigenvalue weighted by Crippen LogP contribution is 2.26. The maximum absolute atomic E-state index is 12.3. The van der Waals surface area contributed by atoms with Crippen molar-refractivity contribution in [1.82, 2.24) is 4.72 Å². The van der Waals surface area contributed by atoms with Gasteiger partial charge in [0.1, 0.15) is 4.90 Å². The van der Waals surface area contributed by atoms with E-state index in [0.717, 1.165) is 5.56 Å². The fourth-order valence-electron chi connectivity index (χ4n) is 1.80. The number of benzene rings is 1. The molecule has 0 aromatic heterocycles. The molecule has 1 aromatic carbocycles. The number of hydrogen-bond acceptors (Lipinski definition) is 3. The molecular weight excluding hydrogens is 318 g/mol. The first-order valence-corrected chi connectivity index (χ1v) is 9.84. The predicted octanol–water partition coefficient (Wildman–Crippen LogP) is 2.51. The Balaban J connectivity index is 3.09. The molecule has 2 atom stereocenters. The van der Waals surface area contributed by atoms with Crippen molar-refractivity contribution in [2.24, 2.45) is 0 Å². The van der Waals surface area contributed by atoms with Gasteiger partial charge in [-0.2, -0.15) is 0 Å². The number of sulfonamides is 1. The first-order valence-electron chi connectivity index (χ1n) is 6.25. The van der Waals surface area contributed by atoms with E-state index in [1.54, 1.807) is 19.1 Å². The molecule has 1 rings (SSSR count). The Bertz CT molecular complexity index is 600. The van der Waals surface area contributed by atoms with E-state index < -0.39 is 26.9 Å². The van der Waals surface area contributed by atoms with Crippen LogP contribution in [0.2, 0.25) is 5.02 Å². The third kappa shape index (κ3) is 4.84. The summed E-state index contributed by atoms with van der Waals surface area (Å²) in [7, 11) is -4.77. The Morgan fingerprint density at radius 3 is 2.40 bits per heavy atom. The smallest absolute Gasteiger partial charge is 0.242 e. The lowest BCUT2D eigenvalue weighted by molar-refractivity contribution is 0.570. The summed E-state index contributed by atoms with van der Waals surface area (Å²) in [6.45, 7) is 5.64. The van der Waals surface area contributed by atoms with Crippen LogP contribution in [0, 0.1) is 0 Å². The molecule has 1 N–H and O–H groups in total. The zero-order valence-electron chi connectivity index (χ0n) is 12.0. The number of rotatable bonds is 6. The molecule has 0 spiro atoms. The molecule has 0 amide bonds. The zero-order valence-corrected chi connectivity index (χ0v) is 14.4. The predicted molar refractivity (Wildman–Crippen MR) is 84.3 cm³/mol. The molecule has 0 saturated heterocycles. The van der Waals surface area contributed by atoms with Crippen LogP contribution in [0.3, 0.4) is 0 Å². The Hall–Kier alpha value is -0.430. The van der Waals surface area contributed by atoms with Gasteiger partial charge < -0.3 is 0 Å². The summed E-state index contributed by atoms with van der Waals surface area (Å²) >= 11 is 6.00. The highest BCUT2D eigenvalue weighted by molar-refractivity contribution is 7.89. The van der Waals surface area contributed by atoms with E-state index in [9.17, 15) is 12.6 Å². The van der Waals surface area contributed by atoms with Crippen molar-refractivity contribution in [1.29, 1.82) is 0 Å². The second kappa shape index (κ2) is 7.02. The highest BCUT2D eigenvalue weighted by Gasteiger charge is 2.21. The molecule has 0 fully saturated rings. The van der Waals surface area contributed by atoms with Gasteiger partial charge in [0.25, 0.3) is 0 Å². The lowest BCUT2D eigenvalue weighted by Crippen LogP contribution is -2.36. The van der Waals surface area contributed by atoms with Crippen molar-refractivity contribution >= 4 is 32.4 Å². The Labute approximate surface area is 128 Å². The van der Waals surface area contributed by atoms with Crippen LogP contribution in [0.1, 0.15) is 32.3 Å². The zero-order chi connectivity index (χ0) is 15.5. The van der Waals surface area contributed by atoms with Crippen LogP contribution in [-0.2, 0) is 20.8 Å². The van der Waals surface area contributed by atoms with Crippen molar-refractivity contribution in [3.63, 3.8) is 0 Å². The van der Waals surface area contributed by atoms with E-state index in [1.807, 2.05) is 19.9 Å². The Morgan fingerprint density at radius 2 is 1.90 bits per heavy atom. The Kier molecular flexibility index (Phi) is 6.19. The maximum atomic E-state index is 12.3. The molecule has 0 unspecified atom stereocenters. The van der Waals surface area contributed by atoms with Crippen LogP contribution in [0.25, 0.3) is 0 Å². The standard InChI is InChI=1S/C13H20ClNO3S2/c1-9(2)11-5-6-12(14)13(7-11)20(17,18)15-10(3)8-19(4)16/h5-7,9-10,15H,8H2,1-4H3/t10-,19+/m0/s1. The van der Waals surface area contributed by atoms with Crippen LogP contribution in [0.5, 0.6) is 0 Å². The molecule has 20 heavy (non-hydrogen) atoms. The van der Waals surface area contributed by atoms with Crippen LogP contribution < -0.4 is 4.72 Å². The summed E-state index contributed by atoms with van der Waals surface area (Å²) in [5.74, 6) is 0.475. The summed E-state index contributed by atoms with van der Waals surface area (Å²) in [5.41, 5.74) is 0.904. The minimum atomic E-state index is -3.71. The van der Waals surface area contributed by atoms with Gasteiger partial charge in [0.2, 0.25) is 10.0 Å². The minimum absolute atomic E-state index is 0.0686. The van der Waals surface area contributed by atoms with E-state index in [4.69, 9.17) is 11.6 Å². The van der Waals surface area contributed by atoms with E-state index in [0.29, 0.717) is 0 Å². The molecule has 0 heterocycles. The van der Waals surface area contributed by atoms with E-state index >= 15 is 0 Å². The summed E-state index contributed by atoms with van der Waals surface area (Å²) in [6.07, 6.45) is 1.54. The molecule has 7 heteroatoms. The first-order chi connectivity index (χ1) is 9.13. The summed E-state index contributed by atoms with van der Waals surface area (Å²) in [4.78, 5) is 0.0686. The quantitative estimate of drug-likeness (QED) is 0.867. The SMILES string of the molecule is CC(C)c1ccc(Cl)c(S(=O)(=O)N[C@@H](C)C[S@@](C)=O)c1. The number of hydrogen-bond donors (Lipinski definition) is 1. The lowest BCUT2D eigenvalue weighted by atomic mass is 10.0. The van der Waals surface area contributed by atoms with Crippen LogP contribution >= 0.6 is 11.6 Å². The monoisotopic (exact) mass is 337 g/mol. The number of halogens is 1. The summed E-state index contributed by atoms with van der Waals surface area (Å²) in [5, 5.41) is 0.187. The first kappa shape index (κ1) is 17.6. The number of nitrogens with one attached hydrogen (secondary N) is 1. The lowest BCUT2D eigenvalue weighted by Gasteiger charge is -2.15. The highest BCUT2D eigenvalue weighted by atomic mass is 35.5. The normalized spacial score (nSPS) is 15.3. The van der Waals surface area contributed by atoms with Gasteiger partial charge in [-0.3, -0.25) is 4.21 Å². The van der Waals surface area contributed by atoms with Gasteiger partial charge in [0.05, 0.1) is 5.02 Å². The molecule has 0 aliphatic heterocycles. The topological polar surface area (TPSA) is 63.2 Å². The Morgan fingerprint density at radius 1 is 1.30 bits per heavy atom. The second-order valence-electron chi connectivity index (χ2n) is 5.11. The molecule has 0 radical (unpaired) electrons. The molecule has 1 aromatic rings. The molecular formula is C13H20ClNO3S2. The molecule has 114 valence electrons. The average molecular weight is 338 g/mol. The third-order valence-electron chi connectivity index (χ3n) is 2.75. The summed E-state index contributed by atoms with van der Waals surface area (Å²) in [6, 6.07) is 4.58. The van der Waals surface area contributed by atoms with Crippen LogP contribution in [0.15, 0.2) is 23.1 Å². The van der Waals surface area contributed by atoms with Crippen molar-refractivity contribution in [2.75, 3.05) is 12.0 Å². The summed E-state index contributed by atoms with van der Waals surface area (Å²) < 4.78 is 38.3. The minimum Gasteiger partial charge on any atom is -0.260 e. The van der Waals surface area contributed by atoms with Crippen molar-refractivity contribution in [2.45, 2.75) is 37.6 Å². The second-order valence-corrected chi connectivity index (χ2v) is 8.68. The fraction of sp³-hybridized carbons (Fsp3) is 0.538. The van der Waals surface area contributed by atoms with Crippen LogP contribution in [0.4, 0.5) is 0 Å². The van der Waals surface area contributed by atoms with Gasteiger partial charge in [0, 0.05) is 28.9 Å². The van der Waals surface area contributed by atoms with Crippen molar-refractivity contribution < 1.29 is 12.6 Å². The molecule has 0 saturated carbocycles. The maximum Gasteiger partial charge on any atom is 0.242 e.